The molecule has 1 saturated heterocycles. The van der Waals surface area contributed by atoms with E-state index in [1.807, 2.05) is 23.2 Å². The van der Waals surface area contributed by atoms with Crippen molar-refractivity contribution in [3.63, 3.8) is 0 Å². The lowest BCUT2D eigenvalue weighted by Crippen LogP contribution is -1.95. The van der Waals surface area contributed by atoms with Gasteiger partial charge < -0.3 is 5.11 Å². The number of hydrogen-bond acceptors (Lipinski definition) is 4. The van der Waals surface area contributed by atoms with Crippen LogP contribution in [0.1, 0.15) is 33.5 Å². The number of carbonyl (C=O) groups is 1. The summed E-state index contributed by atoms with van der Waals surface area (Å²) in [5.41, 5.74) is 2.07. The molecule has 1 aromatic carbocycles. The molecule has 0 amide bonds. The van der Waals surface area contributed by atoms with E-state index in [2.05, 4.69) is 4.98 Å². The van der Waals surface area contributed by atoms with Crippen molar-refractivity contribution in [2.24, 2.45) is 0 Å². The molecule has 0 saturated carbocycles. The van der Waals surface area contributed by atoms with Crippen LogP contribution in [0.5, 0.6) is 0 Å². The molecule has 3 nitrogen and oxygen atoms in total. The van der Waals surface area contributed by atoms with Gasteiger partial charge in [0.25, 0.3) is 0 Å². The topological polar surface area (TPSA) is 50.2 Å². The van der Waals surface area contributed by atoms with E-state index in [-0.39, 0.29) is 0 Å². The minimum atomic E-state index is -0.899. The number of rotatable bonds is 3. The maximum atomic E-state index is 11.0. The van der Waals surface area contributed by atoms with Crippen molar-refractivity contribution in [3.05, 3.63) is 40.2 Å². The summed E-state index contributed by atoms with van der Waals surface area (Å²) in [6, 6.07) is 6.96. The molecule has 1 atom stereocenters. The molecule has 19 heavy (non-hydrogen) atoms. The molecule has 5 heteroatoms. The Kier molecular flexibility index (Phi) is 3.57. The first-order chi connectivity index (χ1) is 9.24. The van der Waals surface area contributed by atoms with Crippen LogP contribution in [0.15, 0.2) is 29.6 Å². The third kappa shape index (κ3) is 2.67. The van der Waals surface area contributed by atoms with Crippen molar-refractivity contribution in [1.82, 2.24) is 4.98 Å². The fourth-order valence-corrected chi connectivity index (χ4v) is 4.51. The van der Waals surface area contributed by atoms with Crippen LogP contribution < -0.4 is 0 Å². The summed E-state index contributed by atoms with van der Waals surface area (Å²) in [7, 11) is 0. The number of hydrogen-bond donors (Lipinski definition) is 1. The van der Waals surface area contributed by atoms with E-state index in [1.54, 1.807) is 29.5 Å². The lowest BCUT2D eigenvalue weighted by Gasteiger charge is -2.02. The van der Waals surface area contributed by atoms with Crippen LogP contribution in [0.25, 0.3) is 11.3 Å². The molecule has 1 N–H and O–H groups in total. The maximum Gasteiger partial charge on any atom is 0.335 e. The zero-order valence-electron chi connectivity index (χ0n) is 10.2. The summed E-state index contributed by atoms with van der Waals surface area (Å²) in [5, 5.41) is 12.7. The van der Waals surface area contributed by atoms with Crippen LogP contribution in [-0.4, -0.2) is 21.8 Å². The predicted molar refractivity (Wildman–Crippen MR) is 78.9 cm³/mol. The minimum absolute atomic E-state index is 0.308. The summed E-state index contributed by atoms with van der Waals surface area (Å²) in [4.78, 5) is 15.6. The van der Waals surface area contributed by atoms with Crippen LogP contribution >= 0.6 is 23.1 Å². The number of carboxylic acid groups (broad SMARTS) is 1. The van der Waals surface area contributed by atoms with E-state index in [1.165, 1.54) is 23.6 Å². The summed E-state index contributed by atoms with van der Waals surface area (Å²) in [6.45, 7) is 0. The van der Waals surface area contributed by atoms with Gasteiger partial charge in [-0.2, -0.15) is 11.8 Å². The molecule has 98 valence electrons. The Hall–Kier alpha value is -1.33. The molecule has 2 aromatic rings. The summed E-state index contributed by atoms with van der Waals surface area (Å²) < 4.78 is 0. The van der Waals surface area contributed by atoms with Crippen molar-refractivity contribution in [1.29, 1.82) is 0 Å². The van der Waals surface area contributed by atoms with Crippen molar-refractivity contribution >= 4 is 29.1 Å². The number of aromatic nitrogens is 1. The van der Waals surface area contributed by atoms with Gasteiger partial charge in [-0.1, -0.05) is 12.1 Å². The summed E-state index contributed by atoms with van der Waals surface area (Å²) >= 11 is 3.64. The lowest BCUT2D eigenvalue weighted by atomic mass is 10.1. The maximum absolute atomic E-state index is 11.0. The SMILES string of the molecule is O=C(O)c1cccc(-c2csc(C3CCCS3)n2)c1. The van der Waals surface area contributed by atoms with Gasteiger partial charge in [0, 0.05) is 10.9 Å². The Balaban J connectivity index is 1.89. The van der Waals surface area contributed by atoms with Crippen molar-refractivity contribution in [3.8, 4) is 11.3 Å². The van der Waals surface area contributed by atoms with E-state index >= 15 is 0 Å². The molecule has 0 aliphatic carbocycles. The highest BCUT2D eigenvalue weighted by molar-refractivity contribution is 7.99. The van der Waals surface area contributed by atoms with Gasteiger partial charge in [-0.25, -0.2) is 9.78 Å². The number of aromatic carboxylic acids is 1. The van der Waals surface area contributed by atoms with Crippen LogP contribution in [-0.2, 0) is 0 Å². The smallest absolute Gasteiger partial charge is 0.335 e. The first-order valence-corrected chi connectivity index (χ1v) is 8.07. The fourth-order valence-electron chi connectivity index (χ4n) is 2.15. The zero-order chi connectivity index (χ0) is 13.2. The Morgan fingerprint density at radius 2 is 2.32 bits per heavy atom. The van der Waals surface area contributed by atoms with Crippen molar-refractivity contribution < 1.29 is 9.90 Å². The molecule has 3 rings (SSSR count). The predicted octanol–water partition coefficient (Wildman–Crippen LogP) is 4.08. The highest BCUT2D eigenvalue weighted by Crippen LogP contribution is 2.41. The van der Waals surface area contributed by atoms with Crippen molar-refractivity contribution in [2.45, 2.75) is 18.1 Å². The van der Waals surface area contributed by atoms with E-state index < -0.39 is 5.97 Å². The Labute approximate surface area is 119 Å². The molecule has 1 aliphatic rings. The summed E-state index contributed by atoms with van der Waals surface area (Å²) in [5.74, 6) is 0.317. The minimum Gasteiger partial charge on any atom is -0.478 e. The molecule has 1 fully saturated rings. The average Bonchev–Trinajstić information content (AvgIpc) is 3.09. The van der Waals surface area contributed by atoms with Gasteiger partial charge in [0.1, 0.15) is 5.01 Å². The van der Waals surface area contributed by atoms with Gasteiger partial charge >= 0.3 is 5.97 Å². The van der Waals surface area contributed by atoms with E-state index in [0.29, 0.717) is 10.8 Å². The highest BCUT2D eigenvalue weighted by Gasteiger charge is 2.21. The second kappa shape index (κ2) is 5.35. The Morgan fingerprint density at radius 1 is 1.42 bits per heavy atom. The molecular weight excluding hydrogens is 278 g/mol. The molecule has 2 heterocycles. The van der Waals surface area contributed by atoms with Gasteiger partial charge in [0.15, 0.2) is 0 Å². The Bertz CT molecular complexity index is 603. The second-order valence-electron chi connectivity index (χ2n) is 4.46. The van der Waals surface area contributed by atoms with Crippen molar-refractivity contribution in [2.75, 3.05) is 5.75 Å². The Morgan fingerprint density at radius 3 is 3.05 bits per heavy atom. The zero-order valence-corrected chi connectivity index (χ0v) is 11.8. The normalized spacial score (nSPS) is 18.6. The molecule has 1 aromatic heterocycles. The number of benzene rings is 1. The van der Waals surface area contributed by atoms with E-state index in [0.717, 1.165) is 11.3 Å². The lowest BCUT2D eigenvalue weighted by molar-refractivity contribution is 0.0697. The first-order valence-electron chi connectivity index (χ1n) is 6.15. The highest BCUT2D eigenvalue weighted by atomic mass is 32.2. The largest absolute Gasteiger partial charge is 0.478 e. The van der Waals surface area contributed by atoms with Gasteiger partial charge in [-0.15, -0.1) is 11.3 Å². The van der Waals surface area contributed by atoms with Crippen LogP contribution in [0.2, 0.25) is 0 Å². The molecule has 0 spiro atoms. The molecule has 1 unspecified atom stereocenters. The third-order valence-corrected chi connectivity index (χ3v) is 5.63. The van der Waals surface area contributed by atoms with Crippen LogP contribution in [0.4, 0.5) is 0 Å². The monoisotopic (exact) mass is 291 g/mol. The van der Waals surface area contributed by atoms with E-state index in [9.17, 15) is 4.79 Å². The quantitative estimate of drug-likeness (QED) is 0.926. The van der Waals surface area contributed by atoms with Crippen LogP contribution in [0.3, 0.4) is 0 Å². The number of thiazole rings is 1. The summed E-state index contributed by atoms with van der Waals surface area (Å²) in [6.07, 6.45) is 2.46. The number of nitrogens with zero attached hydrogens (tertiary/aromatic N) is 1. The van der Waals surface area contributed by atoms with Gasteiger partial charge in [0.2, 0.25) is 0 Å². The number of carboxylic acids is 1. The molecule has 0 bridgehead atoms. The number of thioether (sulfide) groups is 1. The third-order valence-electron chi connectivity index (χ3n) is 3.13. The van der Waals surface area contributed by atoms with Gasteiger partial charge in [0.05, 0.1) is 16.5 Å². The first kappa shape index (κ1) is 12.7. The standard InChI is InChI=1S/C14H13NO2S2/c16-14(17)10-4-1-3-9(7-10)11-8-19-13(15-11)12-5-2-6-18-12/h1,3-4,7-8,12H,2,5-6H2,(H,16,17). The van der Waals surface area contributed by atoms with Crippen LogP contribution in [0, 0.1) is 0 Å². The molecule has 1 aliphatic heterocycles. The van der Waals surface area contributed by atoms with E-state index in [4.69, 9.17) is 5.11 Å². The van der Waals surface area contributed by atoms with Gasteiger partial charge in [-0.05, 0) is 30.7 Å². The fraction of sp³-hybridized carbons (Fsp3) is 0.286. The molecular formula is C14H13NO2S2. The molecule has 0 radical (unpaired) electrons. The van der Waals surface area contributed by atoms with Gasteiger partial charge in [-0.3, -0.25) is 0 Å². The second-order valence-corrected chi connectivity index (χ2v) is 6.66. The average molecular weight is 291 g/mol.